The van der Waals surface area contributed by atoms with Crippen LogP contribution in [0.25, 0.3) is 11.1 Å². The lowest BCUT2D eigenvalue weighted by Gasteiger charge is -2.34. The first-order chi connectivity index (χ1) is 16.6. The maximum absolute atomic E-state index is 12.9. The Kier molecular flexibility index (Phi) is 6.40. The molecule has 1 aliphatic rings. The summed E-state index contributed by atoms with van der Waals surface area (Å²) < 4.78 is 9.32. The zero-order valence-electron chi connectivity index (χ0n) is 19.2. The van der Waals surface area contributed by atoms with E-state index in [1.54, 1.807) is 16.9 Å². The van der Waals surface area contributed by atoms with Gasteiger partial charge in [0.2, 0.25) is 0 Å². The molecule has 0 bridgehead atoms. The molecule has 0 atom stereocenters. The van der Waals surface area contributed by atoms with Crippen molar-refractivity contribution in [3.8, 4) is 16.9 Å². The topological polar surface area (TPSA) is 68.4 Å². The largest absolute Gasteiger partial charge is 0.471 e. The molecular formula is C26H28N6O2. The van der Waals surface area contributed by atoms with Gasteiger partial charge >= 0.3 is 0 Å². The Balaban J connectivity index is 1.11. The summed E-state index contributed by atoms with van der Waals surface area (Å²) in [7, 11) is 1.92. The number of hydrogen-bond donors (Lipinski definition) is 0. The van der Waals surface area contributed by atoms with E-state index in [-0.39, 0.29) is 12.6 Å². The summed E-state index contributed by atoms with van der Waals surface area (Å²) in [6.45, 7) is 4.16. The highest BCUT2D eigenvalue weighted by atomic mass is 16.5. The molecular weight excluding hydrogens is 428 g/mol. The molecule has 0 spiro atoms. The fourth-order valence-electron chi connectivity index (χ4n) is 4.15. The standard InChI is InChI=1S/C26H28N6O2/c1-29-18-21(17-27-29)19-30-13-15-31(16-14-30)26(33)25-11-12-32(28-25)20-34-24-9-7-23(8-10-24)22-5-3-2-4-6-22/h2-12,17-18H,13-16,19-20H2,1H3. The monoisotopic (exact) mass is 456 g/mol. The molecule has 1 amide bonds. The molecule has 0 aliphatic carbocycles. The molecule has 4 aromatic rings. The second-order valence-corrected chi connectivity index (χ2v) is 8.49. The normalized spacial score (nSPS) is 14.3. The van der Waals surface area contributed by atoms with Gasteiger partial charge in [-0.1, -0.05) is 42.5 Å². The molecule has 1 fully saturated rings. The van der Waals surface area contributed by atoms with Crippen LogP contribution in [0.2, 0.25) is 0 Å². The van der Waals surface area contributed by atoms with E-state index in [1.807, 2.05) is 71.5 Å². The van der Waals surface area contributed by atoms with Crippen molar-refractivity contribution in [3.05, 3.63) is 90.5 Å². The summed E-state index contributed by atoms with van der Waals surface area (Å²) in [4.78, 5) is 17.1. The highest BCUT2D eigenvalue weighted by molar-refractivity contribution is 5.92. The van der Waals surface area contributed by atoms with Crippen molar-refractivity contribution < 1.29 is 9.53 Å². The summed E-state index contributed by atoms with van der Waals surface area (Å²) >= 11 is 0. The van der Waals surface area contributed by atoms with E-state index < -0.39 is 0 Å². The van der Waals surface area contributed by atoms with Gasteiger partial charge in [-0.25, -0.2) is 4.68 Å². The fraction of sp³-hybridized carbons (Fsp3) is 0.269. The number of aryl methyl sites for hydroxylation is 1. The Labute approximate surface area is 199 Å². The van der Waals surface area contributed by atoms with Crippen LogP contribution < -0.4 is 4.74 Å². The fourth-order valence-corrected chi connectivity index (χ4v) is 4.15. The lowest BCUT2D eigenvalue weighted by atomic mass is 10.1. The van der Waals surface area contributed by atoms with Gasteiger partial charge in [0.25, 0.3) is 5.91 Å². The first-order valence-corrected chi connectivity index (χ1v) is 11.4. The van der Waals surface area contributed by atoms with E-state index in [2.05, 4.69) is 27.2 Å². The molecule has 2 aromatic heterocycles. The number of piperazine rings is 1. The zero-order valence-corrected chi connectivity index (χ0v) is 19.2. The molecule has 0 radical (unpaired) electrons. The lowest BCUT2D eigenvalue weighted by molar-refractivity contribution is 0.0621. The number of carbonyl (C=O) groups excluding carboxylic acids is 1. The van der Waals surface area contributed by atoms with Crippen LogP contribution in [0.1, 0.15) is 16.1 Å². The van der Waals surface area contributed by atoms with E-state index in [0.29, 0.717) is 18.8 Å². The molecule has 3 heterocycles. The number of nitrogens with zero attached hydrogens (tertiary/aromatic N) is 6. The Morgan fingerprint density at radius 2 is 1.68 bits per heavy atom. The van der Waals surface area contributed by atoms with E-state index >= 15 is 0 Å². The molecule has 8 heteroatoms. The predicted octanol–water partition coefficient (Wildman–Crippen LogP) is 3.28. The molecule has 1 saturated heterocycles. The van der Waals surface area contributed by atoms with Gasteiger partial charge in [0.05, 0.1) is 6.20 Å². The Morgan fingerprint density at radius 3 is 2.38 bits per heavy atom. The van der Waals surface area contributed by atoms with Crippen LogP contribution in [0.5, 0.6) is 5.75 Å². The number of ether oxygens (including phenoxy) is 1. The van der Waals surface area contributed by atoms with Crippen LogP contribution in [-0.4, -0.2) is 61.4 Å². The van der Waals surface area contributed by atoms with Crippen LogP contribution in [0, 0.1) is 0 Å². The number of rotatable bonds is 7. The van der Waals surface area contributed by atoms with Crippen molar-refractivity contribution in [3.63, 3.8) is 0 Å². The Bertz CT molecular complexity index is 1220. The second kappa shape index (κ2) is 9.93. The Hall–Kier alpha value is -3.91. The number of amides is 1. The van der Waals surface area contributed by atoms with Gasteiger partial charge in [-0.3, -0.25) is 14.4 Å². The van der Waals surface area contributed by atoms with Crippen LogP contribution in [-0.2, 0) is 20.3 Å². The van der Waals surface area contributed by atoms with Crippen molar-refractivity contribution in [2.45, 2.75) is 13.3 Å². The molecule has 174 valence electrons. The summed E-state index contributed by atoms with van der Waals surface area (Å²) in [5.41, 5.74) is 3.95. The van der Waals surface area contributed by atoms with Crippen molar-refractivity contribution in [1.82, 2.24) is 29.4 Å². The zero-order chi connectivity index (χ0) is 23.3. The number of aromatic nitrogens is 4. The van der Waals surface area contributed by atoms with E-state index in [1.165, 1.54) is 11.1 Å². The van der Waals surface area contributed by atoms with Gasteiger partial charge in [-0.05, 0) is 29.3 Å². The van der Waals surface area contributed by atoms with Crippen molar-refractivity contribution in [2.24, 2.45) is 7.05 Å². The molecule has 0 unspecified atom stereocenters. The van der Waals surface area contributed by atoms with E-state index in [0.717, 1.165) is 30.9 Å². The third-order valence-corrected chi connectivity index (χ3v) is 6.01. The van der Waals surface area contributed by atoms with Gasteiger partial charge in [-0.2, -0.15) is 10.2 Å². The predicted molar refractivity (Wildman–Crippen MR) is 129 cm³/mol. The average molecular weight is 457 g/mol. The van der Waals surface area contributed by atoms with Crippen LogP contribution in [0.3, 0.4) is 0 Å². The highest BCUT2D eigenvalue weighted by Crippen LogP contribution is 2.22. The Morgan fingerprint density at radius 1 is 0.941 bits per heavy atom. The summed E-state index contributed by atoms with van der Waals surface area (Å²) in [5, 5.41) is 8.65. The molecule has 5 rings (SSSR count). The number of benzene rings is 2. The number of carbonyl (C=O) groups is 1. The van der Waals surface area contributed by atoms with Crippen LogP contribution in [0.4, 0.5) is 0 Å². The molecule has 1 aliphatic heterocycles. The molecule has 34 heavy (non-hydrogen) atoms. The minimum Gasteiger partial charge on any atom is -0.471 e. The van der Waals surface area contributed by atoms with Gasteiger partial charge < -0.3 is 9.64 Å². The molecule has 0 N–H and O–H groups in total. The van der Waals surface area contributed by atoms with Crippen molar-refractivity contribution in [2.75, 3.05) is 26.2 Å². The summed E-state index contributed by atoms with van der Waals surface area (Å²) in [6.07, 6.45) is 5.71. The summed E-state index contributed by atoms with van der Waals surface area (Å²) in [5.74, 6) is 0.722. The highest BCUT2D eigenvalue weighted by Gasteiger charge is 2.24. The average Bonchev–Trinajstić information content (AvgIpc) is 3.52. The lowest BCUT2D eigenvalue weighted by Crippen LogP contribution is -2.48. The minimum atomic E-state index is -0.0352. The quantitative estimate of drug-likeness (QED) is 0.427. The van der Waals surface area contributed by atoms with Crippen molar-refractivity contribution in [1.29, 1.82) is 0 Å². The van der Waals surface area contributed by atoms with E-state index in [4.69, 9.17) is 4.74 Å². The maximum Gasteiger partial charge on any atom is 0.274 e. The first kappa shape index (κ1) is 21.9. The van der Waals surface area contributed by atoms with Gasteiger partial charge in [-0.15, -0.1) is 0 Å². The van der Waals surface area contributed by atoms with Gasteiger partial charge in [0.1, 0.15) is 5.75 Å². The third kappa shape index (κ3) is 5.18. The third-order valence-electron chi connectivity index (χ3n) is 6.01. The smallest absolute Gasteiger partial charge is 0.274 e. The number of hydrogen-bond acceptors (Lipinski definition) is 5. The van der Waals surface area contributed by atoms with Crippen LogP contribution >= 0.6 is 0 Å². The first-order valence-electron chi connectivity index (χ1n) is 11.4. The van der Waals surface area contributed by atoms with Crippen LogP contribution in [0.15, 0.2) is 79.3 Å². The second-order valence-electron chi connectivity index (χ2n) is 8.49. The van der Waals surface area contributed by atoms with E-state index in [9.17, 15) is 4.79 Å². The van der Waals surface area contributed by atoms with Crippen molar-refractivity contribution >= 4 is 5.91 Å². The molecule has 0 saturated carbocycles. The van der Waals surface area contributed by atoms with Gasteiger partial charge in [0, 0.05) is 57.7 Å². The SMILES string of the molecule is Cn1cc(CN2CCN(C(=O)c3ccn(COc4ccc(-c5ccccc5)cc4)n3)CC2)cn1. The minimum absolute atomic E-state index is 0.0352. The summed E-state index contributed by atoms with van der Waals surface area (Å²) in [6, 6.07) is 20.0. The molecule has 8 nitrogen and oxygen atoms in total. The van der Waals surface area contributed by atoms with Gasteiger partial charge in [0.15, 0.2) is 12.4 Å². The maximum atomic E-state index is 12.9. The molecule has 2 aromatic carbocycles.